The number of carbonyl (C=O) groups excluding carboxylic acids is 2. The van der Waals surface area contributed by atoms with E-state index in [4.69, 9.17) is 14.2 Å². The van der Waals surface area contributed by atoms with E-state index in [1.807, 2.05) is 26.0 Å². The number of carbonyl (C=O) groups is 2. The van der Waals surface area contributed by atoms with Crippen molar-refractivity contribution < 1.29 is 23.8 Å². The van der Waals surface area contributed by atoms with Gasteiger partial charge < -0.3 is 24.8 Å². The monoisotopic (exact) mass is 412 g/mol. The molecule has 30 heavy (non-hydrogen) atoms. The van der Waals surface area contributed by atoms with Gasteiger partial charge in [-0.15, -0.1) is 0 Å². The predicted molar refractivity (Wildman–Crippen MR) is 114 cm³/mol. The van der Waals surface area contributed by atoms with E-state index in [0.29, 0.717) is 36.0 Å². The lowest BCUT2D eigenvalue weighted by Crippen LogP contribution is -2.33. The van der Waals surface area contributed by atoms with E-state index < -0.39 is 0 Å². The predicted octanol–water partition coefficient (Wildman–Crippen LogP) is 3.32. The Labute approximate surface area is 176 Å². The molecule has 7 heteroatoms. The van der Waals surface area contributed by atoms with Gasteiger partial charge in [-0.2, -0.15) is 0 Å². The molecule has 1 atom stereocenters. The first-order chi connectivity index (χ1) is 14.6. The van der Waals surface area contributed by atoms with Crippen molar-refractivity contribution in [1.82, 2.24) is 5.32 Å². The minimum Gasteiger partial charge on any atom is -0.493 e. The Balaban J connectivity index is 1.57. The van der Waals surface area contributed by atoms with E-state index in [1.54, 1.807) is 30.3 Å². The number of ether oxygens (including phenoxy) is 3. The summed E-state index contributed by atoms with van der Waals surface area (Å²) in [5.41, 5.74) is 1.98. The largest absolute Gasteiger partial charge is 0.493 e. The molecule has 1 saturated heterocycles. The van der Waals surface area contributed by atoms with E-state index in [1.165, 1.54) is 0 Å². The fourth-order valence-corrected chi connectivity index (χ4v) is 3.20. The Morgan fingerprint density at radius 2 is 1.97 bits per heavy atom. The van der Waals surface area contributed by atoms with Crippen LogP contribution in [-0.4, -0.2) is 44.3 Å². The SMILES string of the molecule is CCOc1ccccc1C(=O)NCC(=O)Nc1ccc(C)cc1OCC1CCCO1. The van der Waals surface area contributed by atoms with Crippen LogP contribution in [-0.2, 0) is 9.53 Å². The molecule has 0 saturated carbocycles. The fourth-order valence-electron chi connectivity index (χ4n) is 3.20. The number of nitrogens with one attached hydrogen (secondary N) is 2. The molecule has 2 amide bonds. The summed E-state index contributed by atoms with van der Waals surface area (Å²) < 4.78 is 17.0. The van der Waals surface area contributed by atoms with Crippen LogP contribution in [0.4, 0.5) is 5.69 Å². The number of hydrogen-bond donors (Lipinski definition) is 2. The molecule has 0 aliphatic carbocycles. The topological polar surface area (TPSA) is 85.9 Å². The molecule has 1 aliphatic heterocycles. The second kappa shape index (κ2) is 10.6. The quantitative estimate of drug-likeness (QED) is 0.660. The summed E-state index contributed by atoms with van der Waals surface area (Å²) in [5.74, 6) is 0.365. The zero-order valence-electron chi connectivity index (χ0n) is 17.4. The van der Waals surface area contributed by atoms with Crippen LogP contribution in [0.15, 0.2) is 42.5 Å². The number of rotatable bonds is 9. The zero-order valence-corrected chi connectivity index (χ0v) is 17.4. The van der Waals surface area contributed by atoms with E-state index in [9.17, 15) is 9.59 Å². The molecule has 0 spiro atoms. The maximum atomic E-state index is 12.4. The summed E-state index contributed by atoms with van der Waals surface area (Å²) in [7, 11) is 0. The Morgan fingerprint density at radius 3 is 2.73 bits per heavy atom. The summed E-state index contributed by atoms with van der Waals surface area (Å²) in [4.78, 5) is 24.9. The molecule has 1 heterocycles. The smallest absolute Gasteiger partial charge is 0.255 e. The molecule has 3 rings (SSSR count). The molecule has 0 bridgehead atoms. The summed E-state index contributed by atoms with van der Waals surface area (Å²) in [5, 5.41) is 5.44. The zero-order chi connectivity index (χ0) is 21.3. The standard InChI is InChI=1S/C23H28N2O5/c1-3-28-20-9-5-4-8-18(20)23(27)24-14-22(26)25-19-11-10-16(2)13-21(19)30-15-17-7-6-12-29-17/h4-5,8-11,13,17H,3,6-7,12,14-15H2,1-2H3,(H,24,27)(H,25,26). The Kier molecular flexibility index (Phi) is 7.68. The highest BCUT2D eigenvalue weighted by Crippen LogP contribution is 2.27. The molecule has 1 unspecified atom stereocenters. The molecule has 1 aliphatic rings. The molecule has 2 aromatic rings. The normalized spacial score (nSPS) is 15.5. The third-order valence-electron chi connectivity index (χ3n) is 4.70. The van der Waals surface area contributed by atoms with Gasteiger partial charge >= 0.3 is 0 Å². The summed E-state index contributed by atoms with van der Waals surface area (Å²) >= 11 is 0. The van der Waals surface area contributed by atoms with Crippen molar-refractivity contribution in [1.29, 1.82) is 0 Å². The minimum atomic E-state index is -0.368. The van der Waals surface area contributed by atoms with Crippen molar-refractivity contribution in [3.63, 3.8) is 0 Å². The second-order valence-electron chi connectivity index (χ2n) is 7.11. The maximum Gasteiger partial charge on any atom is 0.255 e. The maximum absolute atomic E-state index is 12.4. The first-order valence-corrected chi connectivity index (χ1v) is 10.2. The van der Waals surface area contributed by atoms with E-state index in [2.05, 4.69) is 10.6 Å². The van der Waals surface area contributed by atoms with Crippen molar-refractivity contribution >= 4 is 17.5 Å². The molecule has 1 fully saturated rings. The number of para-hydroxylation sites is 1. The first kappa shape index (κ1) is 21.6. The third-order valence-corrected chi connectivity index (χ3v) is 4.70. The van der Waals surface area contributed by atoms with Crippen LogP contribution in [0.3, 0.4) is 0 Å². The molecule has 2 N–H and O–H groups in total. The number of anilines is 1. The number of amides is 2. The van der Waals surface area contributed by atoms with E-state index >= 15 is 0 Å². The molecule has 2 aromatic carbocycles. The average Bonchev–Trinajstić information content (AvgIpc) is 3.26. The van der Waals surface area contributed by atoms with Crippen molar-refractivity contribution in [3.05, 3.63) is 53.6 Å². The Bertz CT molecular complexity index is 878. The van der Waals surface area contributed by atoms with Crippen LogP contribution in [0.25, 0.3) is 0 Å². The number of benzene rings is 2. The van der Waals surface area contributed by atoms with Crippen molar-refractivity contribution in [2.45, 2.75) is 32.8 Å². The fraction of sp³-hybridized carbons (Fsp3) is 0.391. The molecule has 0 radical (unpaired) electrons. The summed E-state index contributed by atoms with van der Waals surface area (Å²) in [6.07, 6.45) is 2.10. The van der Waals surface area contributed by atoms with Gasteiger partial charge in [0.25, 0.3) is 5.91 Å². The van der Waals surface area contributed by atoms with Crippen LogP contribution in [0.1, 0.15) is 35.7 Å². The van der Waals surface area contributed by atoms with Crippen molar-refractivity contribution in [3.8, 4) is 11.5 Å². The van der Waals surface area contributed by atoms with Crippen LogP contribution in [0, 0.1) is 6.92 Å². The van der Waals surface area contributed by atoms with Gasteiger partial charge in [-0.1, -0.05) is 18.2 Å². The highest BCUT2D eigenvalue weighted by atomic mass is 16.5. The lowest BCUT2D eigenvalue weighted by atomic mass is 10.2. The van der Waals surface area contributed by atoms with Gasteiger partial charge in [-0.3, -0.25) is 9.59 Å². The van der Waals surface area contributed by atoms with E-state index in [-0.39, 0.29) is 24.5 Å². The Hall–Kier alpha value is -3.06. The first-order valence-electron chi connectivity index (χ1n) is 10.2. The number of hydrogen-bond acceptors (Lipinski definition) is 5. The molecular formula is C23H28N2O5. The average molecular weight is 412 g/mol. The van der Waals surface area contributed by atoms with Crippen molar-refractivity contribution in [2.75, 3.05) is 31.7 Å². The summed E-state index contributed by atoms with van der Waals surface area (Å²) in [6.45, 7) is 5.29. The molecule has 160 valence electrons. The Morgan fingerprint density at radius 1 is 1.13 bits per heavy atom. The second-order valence-corrected chi connectivity index (χ2v) is 7.11. The van der Waals surface area contributed by atoms with Gasteiger partial charge in [-0.25, -0.2) is 0 Å². The molecular weight excluding hydrogens is 384 g/mol. The van der Waals surface area contributed by atoms with Crippen molar-refractivity contribution in [2.24, 2.45) is 0 Å². The van der Waals surface area contributed by atoms with Gasteiger partial charge in [0.2, 0.25) is 5.91 Å². The van der Waals surface area contributed by atoms with Gasteiger partial charge in [0.15, 0.2) is 0 Å². The highest BCUT2D eigenvalue weighted by Gasteiger charge is 2.18. The van der Waals surface area contributed by atoms with Gasteiger partial charge in [0.1, 0.15) is 18.1 Å². The van der Waals surface area contributed by atoms with Crippen LogP contribution in [0.2, 0.25) is 0 Å². The highest BCUT2D eigenvalue weighted by molar-refractivity contribution is 6.01. The van der Waals surface area contributed by atoms with Gasteiger partial charge in [0, 0.05) is 6.61 Å². The minimum absolute atomic E-state index is 0.0822. The third kappa shape index (κ3) is 5.97. The molecule has 0 aromatic heterocycles. The van der Waals surface area contributed by atoms with E-state index in [0.717, 1.165) is 25.0 Å². The lowest BCUT2D eigenvalue weighted by molar-refractivity contribution is -0.115. The van der Waals surface area contributed by atoms with Crippen LogP contribution in [0.5, 0.6) is 11.5 Å². The van der Waals surface area contributed by atoms with Gasteiger partial charge in [0.05, 0.1) is 30.5 Å². The van der Waals surface area contributed by atoms with Gasteiger partial charge in [-0.05, 0) is 56.5 Å². The number of aryl methyl sites for hydroxylation is 1. The lowest BCUT2D eigenvalue weighted by Gasteiger charge is -2.16. The molecule has 7 nitrogen and oxygen atoms in total. The van der Waals surface area contributed by atoms with Crippen LogP contribution < -0.4 is 20.1 Å². The summed E-state index contributed by atoms with van der Waals surface area (Å²) in [6, 6.07) is 12.5. The van der Waals surface area contributed by atoms with Crippen LogP contribution >= 0.6 is 0 Å².